The molecule has 1 aromatic heterocycles. The molecule has 3 amide bonds. The number of aromatic nitrogens is 2. The van der Waals surface area contributed by atoms with Gasteiger partial charge in [-0.3, -0.25) is 14.4 Å². The van der Waals surface area contributed by atoms with Crippen LogP contribution in [0.5, 0.6) is 0 Å². The Morgan fingerprint density at radius 3 is 2.53 bits per heavy atom. The average molecular weight is 484 g/mol. The highest BCUT2D eigenvalue weighted by Gasteiger charge is 2.38. The summed E-state index contributed by atoms with van der Waals surface area (Å²) in [6.45, 7) is 7.74. The molecule has 2 aliphatic rings. The largest absolute Gasteiger partial charge is 0.342 e. The first-order valence-electron chi connectivity index (χ1n) is 12.2. The Labute approximate surface area is 204 Å². The number of hydrogen-bond donors (Lipinski definition) is 1. The third-order valence-electron chi connectivity index (χ3n) is 6.81. The van der Waals surface area contributed by atoms with E-state index >= 15 is 0 Å². The Bertz CT molecular complexity index is 1030. The van der Waals surface area contributed by atoms with Crippen LogP contribution in [0.25, 0.3) is 0 Å². The van der Waals surface area contributed by atoms with Crippen molar-refractivity contribution in [2.24, 2.45) is 11.8 Å². The topological polar surface area (TPSA) is 95.5 Å². The summed E-state index contributed by atoms with van der Waals surface area (Å²) in [5.41, 5.74) is 1.97. The van der Waals surface area contributed by atoms with Gasteiger partial charge >= 0.3 is 0 Å². The molecule has 0 saturated carbocycles. The minimum atomic E-state index is -0.330. The van der Waals surface area contributed by atoms with Crippen LogP contribution in [-0.4, -0.2) is 52.5 Å². The number of rotatable bonds is 7. The second-order valence-electron chi connectivity index (χ2n) is 9.46. The zero-order valence-corrected chi connectivity index (χ0v) is 20.9. The number of carbonyl (C=O) groups is 3. The molecule has 0 radical (unpaired) electrons. The summed E-state index contributed by atoms with van der Waals surface area (Å²) in [5.74, 6) is -0.198. The van der Waals surface area contributed by atoms with Gasteiger partial charge in [0, 0.05) is 43.6 Å². The number of nitrogens with one attached hydrogen (secondary N) is 1. The SMILES string of the molecule is CCCC(C)c1nnc(NC(=O)C2CCN(C(=O)C3CC(=O)N(c4ccc(C)cc4)C3)CC2)s1. The van der Waals surface area contributed by atoms with Gasteiger partial charge in [0.15, 0.2) is 0 Å². The fourth-order valence-corrected chi connectivity index (χ4v) is 5.55. The normalized spacial score (nSPS) is 20.0. The molecule has 4 rings (SSSR count). The number of likely N-dealkylation sites (tertiary alicyclic amines) is 1. The van der Waals surface area contributed by atoms with E-state index in [1.54, 1.807) is 4.90 Å². The maximum Gasteiger partial charge on any atom is 0.229 e. The van der Waals surface area contributed by atoms with Crippen molar-refractivity contribution in [2.45, 2.75) is 58.8 Å². The number of piperidine rings is 1. The molecule has 9 heteroatoms. The highest BCUT2D eigenvalue weighted by molar-refractivity contribution is 7.15. The van der Waals surface area contributed by atoms with Gasteiger partial charge in [-0.15, -0.1) is 10.2 Å². The van der Waals surface area contributed by atoms with Gasteiger partial charge in [-0.25, -0.2) is 0 Å². The molecule has 182 valence electrons. The number of nitrogens with zero attached hydrogens (tertiary/aromatic N) is 4. The van der Waals surface area contributed by atoms with Gasteiger partial charge in [-0.05, 0) is 38.3 Å². The lowest BCUT2D eigenvalue weighted by molar-refractivity contribution is -0.138. The van der Waals surface area contributed by atoms with Crippen molar-refractivity contribution in [2.75, 3.05) is 29.9 Å². The minimum Gasteiger partial charge on any atom is -0.342 e. The Morgan fingerprint density at radius 1 is 1.15 bits per heavy atom. The smallest absolute Gasteiger partial charge is 0.229 e. The number of anilines is 2. The lowest BCUT2D eigenvalue weighted by Gasteiger charge is -2.32. The van der Waals surface area contributed by atoms with E-state index in [9.17, 15) is 14.4 Å². The number of aryl methyl sites for hydroxylation is 1. The summed E-state index contributed by atoms with van der Waals surface area (Å²) in [7, 11) is 0. The monoisotopic (exact) mass is 483 g/mol. The third-order valence-corrected chi connectivity index (χ3v) is 7.88. The molecule has 2 saturated heterocycles. The second kappa shape index (κ2) is 10.6. The van der Waals surface area contributed by atoms with Crippen LogP contribution in [0.15, 0.2) is 24.3 Å². The van der Waals surface area contributed by atoms with E-state index in [1.807, 2.05) is 36.1 Å². The molecule has 1 aromatic carbocycles. The summed E-state index contributed by atoms with van der Waals surface area (Å²) in [6.07, 6.45) is 3.59. The lowest BCUT2D eigenvalue weighted by atomic mass is 9.94. The van der Waals surface area contributed by atoms with Crippen molar-refractivity contribution in [1.82, 2.24) is 15.1 Å². The molecule has 0 spiro atoms. The van der Waals surface area contributed by atoms with Gasteiger partial charge in [0.25, 0.3) is 0 Å². The van der Waals surface area contributed by atoms with Gasteiger partial charge in [-0.2, -0.15) is 0 Å². The zero-order valence-electron chi connectivity index (χ0n) is 20.1. The summed E-state index contributed by atoms with van der Waals surface area (Å²) in [4.78, 5) is 41.9. The van der Waals surface area contributed by atoms with E-state index in [4.69, 9.17) is 0 Å². The third kappa shape index (κ3) is 5.46. The van der Waals surface area contributed by atoms with Crippen molar-refractivity contribution >= 4 is 39.9 Å². The maximum absolute atomic E-state index is 13.1. The van der Waals surface area contributed by atoms with Crippen molar-refractivity contribution in [1.29, 1.82) is 0 Å². The summed E-state index contributed by atoms with van der Waals surface area (Å²) < 4.78 is 0. The Hall–Kier alpha value is -2.81. The van der Waals surface area contributed by atoms with Crippen molar-refractivity contribution in [3.05, 3.63) is 34.8 Å². The maximum atomic E-state index is 13.1. The summed E-state index contributed by atoms with van der Waals surface area (Å²) in [6, 6.07) is 7.80. The predicted octanol–water partition coefficient (Wildman–Crippen LogP) is 3.98. The van der Waals surface area contributed by atoms with Gasteiger partial charge in [-0.1, -0.05) is 49.3 Å². The van der Waals surface area contributed by atoms with Crippen LogP contribution in [0, 0.1) is 18.8 Å². The van der Waals surface area contributed by atoms with Gasteiger partial charge in [0.1, 0.15) is 5.01 Å². The minimum absolute atomic E-state index is 0.0128. The molecule has 8 nitrogen and oxygen atoms in total. The van der Waals surface area contributed by atoms with Crippen molar-refractivity contribution in [3.8, 4) is 0 Å². The van der Waals surface area contributed by atoms with E-state index in [0.717, 1.165) is 29.1 Å². The van der Waals surface area contributed by atoms with Gasteiger partial charge < -0.3 is 15.1 Å². The summed E-state index contributed by atoms with van der Waals surface area (Å²) >= 11 is 1.44. The molecule has 2 atom stereocenters. The molecule has 2 aromatic rings. The number of benzene rings is 1. The average Bonchev–Trinajstić information content (AvgIpc) is 3.46. The lowest BCUT2D eigenvalue weighted by Crippen LogP contribution is -2.44. The molecule has 0 bridgehead atoms. The molecule has 1 N–H and O–H groups in total. The molecule has 2 aliphatic heterocycles. The molecule has 2 fully saturated rings. The van der Waals surface area contributed by atoms with Crippen molar-refractivity contribution < 1.29 is 14.4 Å². The van der Waals surface area contributed by atoms with E-state index < -0.39 is 0 Å². The second-order valence-corrected chi connectivity index (χ2v) is 10.5. The highest BCUT2D eigenvalue weighted by atomic mass is 32.1. The van der Waals surface area contributed by atoms with Crippen LogP contribution in [0.1, 0.15) is 62.4 Å². The van der Waals surface area contributed by atoms with E-state index in [2.05, 4.69) is 29.4 Å². The number of amides is 3. The van der Waals surface area contributed by atoms with Crippen molar-refractivity contribution in [3.63, 3.8) is 0 Å². The first kappa shape index (κ1) is 24.3. The summed E-state index contributed by atoms with van der Waals surface area (Å²) in [5, 5.41) is 12.8. The molecular weight excluding hydrogens is 450 g/mol. The van der Waals surface area contributed by atoms with E-state index in [1.165, 1.54) is 11.3 Å². The first-order valence-corrected chi connectivity index (χ1v) is 13.0. The van der Waals surface area contributed by atoms with E-state index in [-0.39, 0.29) is 36.0 Å². The fraction of sp³-hybridized carbons (Fsp3) is 0.560. The van der Waals surface area contributed by atoms with Gasteiger partial charge in [0.2, 0.25) is 22.9 Å². The van der Waals surface area contributed by atoms with Crippen LogP contribution >= 0.6 is 11.3 Å². The van der Waals surface area contributed by atoms with Gasteiger partial charge in [0.05, 0.1) is 5.92 Å². The quantitative estimate of drug-likeness (QED) is 0.643. The number of hydrogen-bond acceptors (Lipinski definition) is 6. The first-order chi connectivity index (χ1) is 16.4. The Balaban J connectivity index is 1.27. The number of carbonyl (C=O) groups excluding carboxylic acids is 3. The highest BCUT2D eigenvalue weighted by Crippen LogP contribution is 2.30. The molecular formula is C25H33N5O3S. The van der Waals surface area contributed by atoms with Crippen LogP contribution in [0.2, 0.25) is 0 Å². The van der Waals surface area contributed by atoms with Crippen LogP contribution in [0.3, 0.4) is 0 Å². The van der Waals surface area contributed by atoms with Crippen LogP contribution in [-0.2, 0) is 14.4 Å². The Kier molecular flexibility index (Phi) is 7.60. The van der Waals surface area contributed by atoms with Crippen LogP contribution in [0.4, 0.5) is 10.8 Å². The van der Waals surface area contributed by atoms with Crippen LogP contribution < -0.4 is 10.2 Å². The molecule has 0 aliphatic carbocycles. The molecule has 34 heavy (non-hydrogen) atoms. The zero-order chi connectivity index (χ0) is 24.2. The standard InChI is InChI=1S/C25H33N5O3S/c1-4-5-17(3)23-27-28-25(34-23)26-22(32)18-10-12-29(13-11-18)24(33)19-14-21(31)30(15-19)20-8-6-16(2)7-9-20/h6-9,17-19H,4-5,10-15H2,1-3H3,(H,26,28,32). The molecule has 3 heterocycles. The fourth-order valence-electron chi connectivity index (χ4n) is 4.72. The Morgan fingerprint density at radius 2 is 1.85 bits per heavy atom. The van der Waals surface area contributed by atoms with E-state index in [0.29, 0.717) is 43.5 Å². The molecule has 2 unspecified atom stereocenters. The predicted molar refractivity (Wildman–Crippen MR) is 133 cm³/mol.